The first kappa shape index (κ1) is 11.1. The normalized spacial score (nSPS) is 11.2. The van der Waals surface area contributed by atoms with E-state index in [-0.39, 0.29) is 11.5 Å². The van der Waals surface area contributed by atoms with Gasteiger partial charge in [-0.1, -0.05) is 30.3 Å². The van der Waals surface area contributed by atoms with E-state index in [4.69, 9.17) is 0 Å². The van der Waals surface area contributed by atoms with Gasteiger partial charge in [0.1, 0.15) is 5.76 Å². The Kier molecular flexibility index (Phi) is 3.31. The van der Waals surface area contributed by atoms with Crippen molar-refractivity contribution in [1.29, 1.82) is 0 Å². The Balaban J connectivity index is 2.24. The topological polar surface area (TPSA) is 50.2 Å². The zero-order valence-corrected chi connectivity index (χ0v) is 9.08. The molecule has 0 bridgehead atoms. The van der Waals surface area contributed by atoms with Crippen molar-refractivity contribution in [1.82, 2.24) is 4.98 Å². The van der Waals surface area contributed by atoms with E-state index < -0.39 is 0 Å². The van der Waals surface area contributed by atoms with E-state index in [9.17, 15) is 9.90 Å². The number of hydrogen-bond donors (Lipinski definition) is 1. The largest absolute Gasteiger partial charge is 0.507 e. The lowest BCUT2D eigenvalue weighted by molar-refractivity contribution is 0.104. The predicted octanol–water partition coefficient (Wildman–Crippen LogP) is 2.86. The zero-order chi connectivity index (χ0) is 12.1. The molecule has 0 unspecified atom stereocenters. The molecule has 0 saturated heterocycles. The highest BCUT2D eigenvalue weighted by Crippen LogP contribution is 2.11. The maximum Gasteiger partial charge on any atom is 0.189 e. The van der Waals surface area contributed by atoms with Crippen LogP contribution >= 0.6 is 0 Å². The van der Waals surface area contributed by atoms with Gasteiger partial charge in [-0.3, -0.25) is 9.78 Å². The SMILES string of the molecule is O=C(/C=C(\O)c1ccccc1)c1ccncc1. The molecule has 0 spiro atoms. The van der Waals surface area contributed by atoms with Gasteiger partial charge in [-0.25, -0.2) is 0 Å². The van der Waals surface area contributed by atoms with Crippen molar-refractivity contribution in [2.24, 2.45) is 0 Å². The molecule has 2 rings (SSSR count). The van der Waals surface area contributed by atoms with Crippen LogP contribution < -0.4 is 0 Å². The van der Waals surface area contributed by atoms with Crippen LogP contribution in [0.5, 0.6) is 0 Å². The molecule has 84 valence electrons. The van der Waals surface area contributed by atoms with Gasteiger partial charge in [0.2, 0.25) is 0 Å². The summed E-state index contributed by atoms with van der Waals surface area (Å²) in [4.78, 5) is 15.6. The summed E-state index contributed by atoms with van der Waals surface area (Å²) >= 11 is 0. The number of nitrogens with zero attached hydrogens (tertiary/aromatic N) is 1. The van der Waals surface area contributed by atoms with E-state index in [0.717, 1.165) is 0 Å². The first-order valence-corrected chi connectivity index (χ1v) is 5.18. The number of aliphatic hydroxyl groups is 1. The van der Waals surface area contributed by atoms with Gasteiger partial charge in [0.05, 0.1) is 0 Å². The first-order chi connectivity index (χ1) is 8.27. The fourth-order valence-electron chi connectivity index (χ4n) is 1.42. The average Bonchev–Trinajstić information content (AvgIpc) is 2.40. The Labute approximate surface area is 99.1 Å². The van der Waals surface area contributed by atoms with Gasteiger partial charge < -0.3 is 5.11 Å². The van der Waals surface area contributed by atoms with Gasteiger partial charge in [-0.2, -0.15) is 0 Å². The number of aromatic nitrogens is 1. The molecular formula is C14H11NO2. The van der Waals surface area contributed by atoms with E-state index in [1.54, 1.807) is 48.8 Å². The fourth-order valence-corrected chi connectivity index (χ4v) is 1.42. The third kappa shape index (κ3) is 2.78. The van der Waals surface area contributed by atoms with Crippen molar-refractivity contribution in [2.45, 2.75) is 0 Å². The molecule has 0 atom stereocenters. The number of rotatable bonds is 3. The van der Waals surface area contributed by atoms with Crippen LogP contribution in [0.2, 0.25) is 0 Å². The maximum atomic E-state index is 11.8. The smallest absolute Gasteiger partial charge is 0.189 e. The van der Waals surface area contributed by atoms with Crippen LogP contribution in [0, 0.1) is 0 Å². The Morgan fingerprint density at radius 2 is 1.65 bits per heavy atom. The van der Waals surface area contributed by atoms with E-state index >= 15 is 0 Å². The quantitative estimate of drug-likeness (QED) is 0.496. The van der Waals surface area contributed by atoms with Crippen molar-refractivity contribution in [2.75, 3.05) is 0 Å². The summed E-state index contributed by atoms with van der Waals surface area (Å²) in [6, 6.07) is 12.2. The summed E-state index contributed by atoms with van der Waals surface area (Å²) in [6.07, 6.45) is 4.30. The lowest BCUT2D eigenvalue weighted by Crippen LogP contribution is -1.96. The standard InChI is InChI=1S/C14H11NO2/c16-13(11-4-2-1-3-5-11)10-14(17)12-6-8-15-9-7-12/h1-10,16H/b13-10-. The zero-order valence-electron chi connectivity index (χ0n) is 9.08. The van der Waals surface area contributed by atoms with E-state index in [1.807, 2.05) is 6.07 Å². The first-order valence-electron chi connectivity index (χ1n) is 5.18. The van der Waals surface area contributed by atoms with Gasteiger partial charge >= 0.3 is 0 Å². The second-order valence-electron chi connectivity index (χ2n) is 3.50. The van der Waals surface area contributed by atoms with Crippen LogP contribution in [0.3, 0.4) is 0 Å². The number of hydrogen-bond acceptors (Lipinski definition) is 3. The molecule has 1 aromatic heterocycles. The molecule has 0 fully saturated rings. The molecule has 3 heteroatoms. The molecule has 1 N–H and O–H groups in total. The average molecular weight is 225 g/mol. The van der Waals surface area contributed by atoms with Gasteiger partial charge in [-0.05, 0) is 12.1 Å². The summed E-state index contributed by atoms with van der Waals surface area (Å²) < 4.78 is 0. The van der Waals surface area contributed by atoms with Crippen molar-refractivity contribution < 1.29 is 9.90 Å². The highest BCUT2D eigenvalue weighted by molar-refractivity contribution is 6.07. The third-order valence-corrected chi connectivity index (χ3v) is 2.30. The van der Waals surface area contributed by atoms with Gasteiger partial charge in [0, 0.05) is 29.6 Å². The molecule has 0 saturated carbocycles. The van der Waals surface area contributed by atoms with E-state index in [0.29, 0.717) is 11.1 Å². The summed E-state index contributed by atoms with van der Waals surface area (Å²) in [6.45, 7) is 0. The molecule has 1 aromatic carbocycles. The highest BCUT2D eigenvalue weighted by atomic mass is 16.3. The van der Waals surface area contributed by atoms with Crippen LogP contribution in [-0.4, -0.2) is 15.9 Å². The molecule has 0 radical (unpaired) electrons. The summed E-state index contributed by atoms with van der Waals surface area (Å²) in [5.41, 5.74) is 1.12. The lowest BCUT2D eigenvalue weighted by Gasteiger charge is -1.99. The Hall–Kier alpha value is -2.42. The minimum Gasteiger partial charge on any atom is -0.507 e. The summed E-state index contributed by atoms with van der Waals surface area (Å²) in [5, 5.41) is 9.78. The number of pyridine rings is 1. The minimum absolute atomic E-state index is 0.0348. The van der Waals surface area contributed by atoms with Crippen LogP contribution in [0.4, 0.5) is 0 Å². The summed E-state index contributed by atoms with van der Waals surface area (Å²) in [7, 11) is 0. The molecule has 1 heterocycles. The Morgan fingerprint density at radius 3 is 2.29 bits per heavy atom. The van der Waals surface area contributed by atoms with Gasteiger partial charge in [-0.15, -0.1) is 0 Å². The van der Waals surface area contributed by atoms with Crippen molar-refractivity contribution in [3.63, 3.8) is 0 Å². The van der Waals surface area contributed by atoms with Gasteiger partial charge in [0.25, 0.3) is 0 Å². The molecule has 0 aliphatic carbocycles. The number of aliphatic hydroxyl groups excluding tert-OH is 1. The molecule has 3 nitrogen and oxygen atoms in total. The number of carbonyl (C=O) groups is 1. The van der Waals surface area contributed by atoms with Gasteiger partial charge in [0.15, 0.2) is 5.78 Å². The lowest BCUT2D eigenvalue weighted by atomic mass is 10.1. The molecule has 17 heavy (non-hydrogen) atoms. The highest BCUT2D eigenvalue weighted by Gasteiger charge is 2.05. The minimum atomic E-state index is -0.242. The number of ketones is 1. The number of benzene rings is 1. The van der Waals surface area contributed by atoms with Crippen molar-refractivity contribution in [3.8, 4) is 0 Å². The summed E-state index contributed by atoms with van der Waals surface area (Å²) in [5.74, 6) is -0.277. The van der Waals surface area contributed by atoms with E-state index in [1.165, 1.54) is 6.08 Å². The van der Waals surface area contributed by atoms with Crippen LogP contribution in [0.25, 0.3) is 5.76 Å². The van der Waals surface area contributed by atoms with Crippen molar-refractivity contribution in [3.05, 3.63) is 72.1 Å². The number of allylic oxidation sites excluding steroid dienone is 1. The molecule has 0 amide bonds. The van der Waals surface area contributed by atoms with Crippen LogP contribution in [-0.2, 0) is 0 Å². The maximum absolute atomic E-state index is 11.8. The Bertz CT molecular complexity index is 533. The van der Waals surface area contributed by atoms with Crippen LogP contribution in [0.15, 0.2) is 60.9 Å². The monoisotopic (exact) mass is 225 g/mol. The Morgan fingerprint density at radius 1 is 1.00 bits per heavy atom. The second-order valence-corrected chi connectivity index (χ2v) is 3.50. The number of carbonyl (C=O) groups excluding carboxylic acids is 1. The second kappa shape index (κ2) is 5.07. The predicted molar refractivity (Wildman–Crippen MR) is 65.6 cm³/mol. The molecular weight excluding hydrogens is 214 g/mol. The molecule has 0 aliphatic heterocycles. The van der Waals surface area contributed by atoms with Crippen molar-refractivity contribution >= 4 is 11.5 Å². The fraction of sp³-hybridized carbons (Fsp3) is 0. The third-order valence-electron chi connectivity index (χ3n) is 2.30. The molecule has 2 aromatic rings. The van der Waals surface area contributed by atoms with Crippen LogP contribution in [0.1, 0.15) is 15.9 Å². The molecule has 0 aliphatic rings. The van der Waals surface area contributed by atoms with E-state index in [2.05, 4.69) is 4.98 Å².